The zero-order chi connectivity index (χ0) is 22.3. The minimum atomic E-state index is -0.466. The SMILES string of the molecule is COC(=O)Nc1cc2c3c(c1)[C@@](C)(c1cccnc1)CCN3CC[C@@]2(C)c1cccnc1. The Balaban J connectivity index is 1.77. The highest BCUT2D eigenvalue weighted by Gasteiger charge is 2.45. The molecule has 3 aromatic rings. The van der Waals surface area contributed by atoms with E-state index in [4.69, 9.17) is 4.74 Å². The quantitative estimate of drug-likeness (QED) is 0.644. The highest BCUT2D eigenvalue weighted by molar-refractivity contribution is 5.87. The predicted octanol–water partition coefficient (Wildman–Crippen LogP) is 4.88. The first kappa shape index (κ1) is 20.5. The number of ether oxygens (including phenoxy) is 1. The van der Waals surface area contributed by atoms with Gasteiger partial charge in [-0.3, -0.25) is 15.3 Å². The number of carbonyl (C=O) groups excluding carboxylic acids is 1. The van der Waals surface area contributed by atoms with Crippen LogP contribution in [0.3, 0.4) is 0 Å². The Bertz CT molecular complexity index is 1070. The summed E-state index contributed by atoms with van der Waals surface area (Å²) in [4.78, 5) is 23.4. The average molecular weight is 429 g/mol. The summed E-state index contributed by atoms with van der Waals surface area (Å²) in [5.41, 5.74) is 6.41. The lowest BCUT2D eigenvalue weighted by Gasteiger charge is -2.50. The van der Waals surface area contributed by atoms with Gasteiger partial charge in [0.05, 0.1) is 7.11 Å². The number of nitrogens with one attached hydrogen (secondary N) is 1. The van der Waals surface area contributed by atoms with E-state index in [1.54, 1.807) is 0 Å². The molecule has 0 bridgehead atoms. The zero-order valence-corrected chi connectivity index (χ0v) is 18.8. The normalized spacial score (nSPS) is 23.9. The summed E-state index contributed by atoms with van der Waals surface area (Å²) in [6.07, 6.45) is 9.05. The van der Waals surface area contributed by atoms with Gasteiger partial charge in [0.1, 0.15) is 0 Å². The molecule has 5 rings (SSSR count). The van der Waals surface area contributed by atoms with Gasteiger partial charge >= 0.3 is 6.09 Å². The van der Waals surface area contributed by atoms with Crippen molar-refractivity contribution in [1.29, 1.82) is 0 Å². The van der Waals surface area contributed by atoms with E-state index in [0.29, 0.717) is 0 Å². The number of anilines is 2. The van der Waals surface area contributed by atoms with Gasteiger partial charge in [0, 0.05) is 60.1 Å². The van der Waals surface area contributed by atoms with Crippen LogP contribution in [0.15, 0.2) is 61.2 Å². The Labute approximate surface area is 188 Å². The molecule has 1 amide bonds. The van der Waals surface area contributed by atoms with Crippen molar-refractivity contribution < 1.29 is 9.53 Å². The molecule has 32 heavy (non-hydrogen) atoms. The van der Waals surface area contributed by atoms with Gasteiger partial charge in [-0.25, -0.2) is 4.79 Å². The molecule has 0 unspecified atom stereocenters. The second-order valence-electron chi connectivity index (χ2n) is 9.17. The third-order valence-electron chi connectivity index (χ3n) is 7.41. The van der Waals surface area contributed by atoms with E-state index in [1.165, 1.54) is 35.1 Å². The Morgan fingerprint density at radius 3 is 1.94 bits per heavy atom. The zero-order valence-electron chi connectivity index (χ0n) is 18.8. The van der Waals surface area contributed by atoms with Gasteiger partial charge < -0.3 is 9.64 Å². The van der Waals surface area contributed by atoms with Crippen LogP contribution in [0.1, 0.15) is 48.9 Å². The summed E-state index contributed by atoms with van der Waals surface area (Å²) in [5.74, 6) is 0. The maximum atomic E-state index is 12.1. The van der Waals surface area contributed by atoms with Gasteiger partial charge in [0.2, 0.25) is 0 Å². The molecule has 0 saturated heterocycles. The Kier molecular flexibility index (Phi) is 4.88. The number of rotatable bonds is 3. The summed E-state index contributed by atoms with van der Waals surface area (Å²) in [6.45, 7) is 6.54. The van der Waals surface area contributed by atoms with Crippen molar-refractivity contribution >= 4 is 17.5 Å². The summed E-state index contributed by atoms with van der Waals surface area (Å²) in [7, 11) is 1.39. The van der Waals surface area contributed by atoms with Crippen LogP contribution >= 0.6 is 0 Å². The van der Waals surface area contributed by atoms with Gasteiger partial charge in [-0.15, -0.1) is 0 Å². The molecule has 2 atom stereocenters. The lowest BCUT2D eigenvalue weighted by atomic mass is 9.64. The summed E-state index contributed by atoms with van der Waals surface area (Å²) >= 11 is 0. The third kappa shape index (κ3) is 3.13. The minimum absolute atomic E-state index is 0.212. The Morgan fingerprint density at radius 1 is 0.969 bits per heavy atom. The van der Waals surface area contributed by atoms with Gasteiger partial charge in [0.25, 0.3) is 0 Å². The molecule has 1 aromatic carbocycles. The predicted molar refractivity (Wildman–Crippen MR) is 125 cm³/mol. The van der Waals surface area contributed by atoms with Gasteiger partial charge in [-0.2, -0.15) is 0 Å². The van der Waals surface area contributed by atoms with Crippen LogP contribution in [0.25, 0.3) is 0 Å². The standard InChI is InChI=1S/C26H28N4O2/c1-25(18-6-4-10-27-16-18)8-12-30-13-9-26(2,19-7-5-11-28-17-19)22-15-20(29-24(31)32-3)14-21(25)23(22)30/h4-7,10-11,14-17H,8-9,12-13H2,1-3H3,(H,29,31)/t25-,26+. The Hall–Kier alpha value is -3.41. The molecule has 1 N–H and O–H groups in total. The lowest BCUT2D eigenvalue weighted by Crippen LogP contribution is -2.47. The number of benzene rings is 1. The maximum Gasteiger partial charge on any atom is 0.411 e. The van der Waals surface area contributed by atoms with Crippen LogP contribution < -0.4 is 10.2 Å². The van der Waals surface area contributed by atoms with Gasteiger partial charge in [-0.05, 0) is 59.4 Å². The second-order valence-corrected chi connectivity index (χ2v) is 9.17. The molecule has 6 heteroatoms. The molecular formula is C26H28N4O2. The van der Waals surface area contributed by atoms with Crippen LogP contribution in [-0.4, -0.2) is 36.3 Å². The van der Waals surface area contributed by atoms with E-state index in [1.807, 2.05) is 36.9 Å². The highest BCUT2D eigenvalue weighted by Crippen LogP contribution is 2.53. The number of hydrogen-bond donors (Lipinski definition) is 1. The van der Waals surface area contributed by atoms with E-state index in [9.17, 15) is 4.79 Å². The monoisotopic (exact) mass is 428 g/mol. The third-order valence-corrected chi connectivity index (χ3v) is 7.41. The van der Waals surface area contributed by atoms with Crippen molar-refractivity contribution in [2.45, 2.75) is 37.5 Å². The molecule has 6 nitrogen and oxygen atoms in total. The van der Waals surface area contributed by atoms with Gasteiger partial charge in [0.15, 0.2) is 0 Å². The van der Waals surface area contributed by atoms with Crippen molar-refractivity contribution in [1.82, 2.24) is 9.97 Å². The molecule has 0 aliphatic carbocycles. The van der Waals surface area contributed by atoms with Crippen LogP contribution in [0.5, 0.6) is 0 Å². The molecule has 0 fully saturated rings. The van der Waals surface area contributed by atoms with E-state index in [0.717, 1.165) is 31.6 Å². The molecule has 2 aromatic heterocycles. The fraction of sp³-hybridized carbons (Fsp3) is 0.346. The molecule has 4 heterocycles. The fourth-order valence-electron chi connectivity index (χ4n) is 5.36. The summed E-state index contributed by atoms with van der Waals surface area (Å²) in [5, 5.41) is 2.92. The van der Waals surface area contributed by atoms with Gasteiger partial charge in [-0.1, -0.05) is 26.0 Å². The van der Waals surface area contributed by atoms with Crippen LogP contribution in [0.2, 0.25) is 0 Å². The van der Waals surface area contributed by atoms with Crippen molar-refractivity contribution in [3.05, 3.63) is 83.4 Å². The Morgan fingerprint density at radius 2 is 1.50 bits per heavy atom. The average Bonchev–Trinajstić information content (AvgIpc) is 2.84. The number of methoxy groups -OCH3 is 1. The van der Waals surface area contributed by atoms with E-state index in [2.05, 4.69) is 58.3 Å². The molecule has 2 aliphatic rings. The molecule has 0 saturated carbocycles. The largest absolute Gasteiger partial charge is 0.453 e. The number of amides is 1. The molecule has 0 radical (unpaired) electrons. The first-order valence-corrected chi connectivity index (χ1v) is 11.1. The lowest BCUT2D eigenvalue weighted by molar-refractivity contribution is 0.187. The smallest absolute Gasteiger partial charge is 0.411 e. The molecular weight excluding hydrogens is 400 g/mol. The van der Waals surface area contributed by atoms with Crippen LogP contribution in [0.4, 0.5) is 16.2 Å². The van der Waals surface area contributed by atoms with Crippen molar-refractivity contribution in [3.63, 3.8) is 0 Å². The molecule has 164 valence electrons. The number of pyridine rings is 2. The summed E-state index contributed by atoms with van der Waals surface area (Å²) < 4.78 is 4.90. The molecule has 2 aliphatic heterocycles. The first-order chi connectivity index (χ1) is 15.5. The van der Waals surface area contributed by atoms with Crippen molar-refractivity contribution in [2.24, 2.45) is 0 Å². The number of hydrogen-bond acceptors (Lipinski definition) is 5. The van der Waals surface area contributed by atoms with Crippen molar-refractivity contribution in [2.75, 3.05) is 30.4 Å². The van der Waals surface area contributed by atoms with E-state index >= 15 is 0 Å². The topological polar surface area (TPSA) is 67.3 Å². The molecule has 0 spiro atoms. The first-order valence-electron chi connectivity index (χ1n) is 11.1. The number of carbonyl (C=O) groups is 1. The van der Waals surface area contributed by atoms with E-state index in [-0.39, 0.29) is 10.8 Å². The number of aromatic nitrogens is 2. The minimum Gasteiger partial charge on any atom is -0.453 e. The van der Waals surface area contributed by atoms with Crippen LogP contribution in [-0.2, 0) is 15.6 Å². The van der Waals surface area contributed by atoms with Crippen LogP contribution in [0, 0.1) is 0 Å². The van der Waals surface area contributed by atoms with E-state index < -0.39 is 6.09 Å². The number of nitrogens with zero attached hydrogens (tertiary/aromatic N) is 3. The summed E-state index contributed by atoms with van der Waals surface area (Å²) in [6, 6.07) is 12.5. The maximum absolute atomic E-state index is 12.1. The highest BCUT2D eigenvalue weighted by atomic mass is 16.5. The van der Waals surface area contributed by atoms with Crippen molar-refractivity contribution in [3.8, 4) is 0 Å². The second kappa shape index (κ2) is 7.62. The fourth-order valence-corrected chi connectivity index (χ4v) is 5.36.